The topological polar surface area (TPSA) is 55.6 Å². The first-order valence-electron chi connectivity index (χ1n) is 7.87. The molecule has 4 nitrogen and oxygen atoms in total. The molecule has 1 amide bonds. The van der Waals surface area contributed by atoms with E-state index in [0.29, 0.717) is 18.8 Å². The van der Waals surface area contributed by atoms with Crippen molar-refractivity contribution >= 4 is 21.8 Å². The molecule has 0 spiro atoms. The molecule has 22 heavy (non-hydrogen) atoms. The minimum atomic E-state index is 0.153. The molecule has 0 saturated carbocycles. The number of hydrogen-bond acceptors (Lipinski definition) is 3. The number of benzene rings is 1. The van der Waals surface area contributed by atoms with Gasteiger partial charge in [0.25, 0.3) is 0 Å². The van der Waals surface area contributed by atoms with Gasteiger partial charge in [0, 0.05) is 30.0 Å². The fourth-order valence-electron chi connectivity index (χ4n) is 3.01. The van der Waals surface area contributed by atoms with Crippen LogP contribution < -0.4 is 10.5 Å². The maximum Gasteiger partial charge on any atom is 0.222 e. The fraction of sp³-hybridized carbons (Fsp3) is 0.588. The number of carbonyl (C=O) groups is 1. The number of halogens is 1. The zero-order valence-electron chi connectivity index (χ0n) is 13.3. The number of hydrogen-bond donors (Lipinski definition) is 1. The van der Waals surface area contributed by atoms with Gasteiger partial charge in [0.1, 0.15) is 5.75 Å². The molecule has 0 unspecified atom stereocenters. The summed E-state index contributed by atoms with van der Waals surface area (Å²) in [6.45, 7) is 3.69. The summed E-state index contributed by atoms with van der Waals surface area (Å²) >= 11 is 3.47. The van der Waals surface area contributed by atoms with Gasteiger partial charge in [0.2, 0.25) is 5.91 Å². The van der Waals surface area contributed by atoms with E-state index in [1.165, 1.54) is 0 Å². The minimum absolute atomic E-state index is 0.153. The highest BCUT2D eigenvalue weighted by Gasteiger charge is 2.25. The highest BCUT2D eigenvalue weighted by molar-refractivity contribution is 9.10. The number of ether oxygens (including phenoxy) is 1. The predicted molar refractivity (Wildman–Crippen MR) is 92.0 cm³/mol. The molecule has 2 rings (SSSR count). The van der Waals surface area contributed by atoms with Crippen LogP contribution in [0.3, 0.4) is 0 Å². The molecule has 2 N–H and O–H groups in total. The Kier molecular flexibility index (Phi) is 6.26. The molecule has 0 radical (unpaired) electrons. The van der Waals surface area contributed by atoms with E-state index in [4.69, 9.17) is 10.5 Å². The van der Waals surface area contributed by atoms with E-state index in [9.17, 15) is 4.79 Å². The van der Waals surface area contributed by atoms with E-state index in [0.717, 1.165) is 41.7 Å². The third-order valence-electron chi connectivity index (χ3n) is 4.40. The number of methoxy groups -OCH3 is 1. The van der Waals surface area contributed by atoms with Gasteiger partial charge in [-0.2, -0.15) is 0 Å². The largest absolute Gasteiger partial charge is 0.496 e. The number of likely N-dealkylation sites (tertiary alicyclic amines) is 1. The van der Waals surface area contributed by atoms with Crippen LogP contribution in [-0.4, -0.2) is 37.0 Å². The Balaban J connectivity index is 1.94. The third-order valence-corrected chi connectivity index (χ3v) is 4.90. The Morgan fingerprint density at radius 2 is 2.32 bits per heavy atom. The Labute approximate surface area is 141 Å². The second-order valence-corrected chi connectivity index (χ2v) is 6.97. The standard InChI is InChI=1S/C17H25BrN2O2/c1-12(19)14-4-3-9-20(11-14)17(21)8-5-13-10-15(18)6-7-16(13)22-2/h6-7,10,12,14H,3-5,8-9,11,19H2,1-2H3/t12-,14+/m1/s1. The zero-order chi connectivity index (χ0) is 16.1. The molecule has 1 aliphatic rings. The molecule has 5 heteroatoms. The number of carbonyl (C=O) groups excluding carboxylic acids is 1. The van der Waals surface area contributed by atoms with Gasteiger partial charge in [-0.1, -0.05) is 15.9 Å². The average Bonchev–Trinajstić information content (AvgIpc) is 2.52. The number of amides is 1. The van der Waals surface area contributed by atoms with E-state index in [1.54, 1.807) is 7.11 Å². The van der Waals surface area contributed by atoms with Crippen molar-refractivity contribution in [2.45, 2.75) is 38.6 Å². The maximum atomic E-state index is 12.5. The van der Waals surface area contributed by atoms with Crippen molar-refractivity contribution in [3.8, 4) is 5.75 Å². The molecule has 1 heterocycles. The van der Waals surface area contributed by atoms with E-state index >= 15 is 0 Å². The lowest BCUT2D eigenvalue weighted by atomic mass is 9.92. The van der Waals surface area contributed by atoms with Crippen LogP contribution in [0, 0.1) is 5.92 Å². The summed E-state index contributed by atoms with van der Waals surface area (Å²) in [5, 5.41) is 0. The van der Waals surface area contributed by atoms with Crippen molar-refractivity contribution in [1.82, 2.24) is 4.90 Å². The molecule has 1 fully saturated rings. The number of nitrogens with two attached hydrogens (primary N) is 1. The van der Waals surface area contributed by atoms with Crippen LogP contribution in [0.5, 0.6) is 5.75 Å². The van der Waals surface area contributed by atoms with Crippen molar-refractivity contribution in [2.75, 3.05) is 20.2 Å². The monoisotopic (exact) mass is 368 g/mol. The SMILES string of the molecule is COc1ccc(Br)cc1CCC(=O)N1CCC[C@H]([C@@H](C)N)C1. The molecule has 1 aromatic carbocycles. The van der Waals surface area contributed by atoms with Crippen molar-refractivity contribution < 1.29 is 9.53 Å². The number of aryl methyl sites for hydroxylation is 1. The van der Waals surface area contributed by atoms with Crippen molar-refractivity contribution in [3.05, 3.63) is 28.2 Å². The summed E-state index contributed by atoms with van der Waals surface area (Å²) in [6, 6.07) is 6.05. The Hall–Kier alpha value is -1.07. The maximum absolute atomic E-state index is 12.5. The second kappa shape index (κ2) is 7.97. The number of piperidine rings is 1. The number of rotatable bonds is 5. The summed E-state index contributed by atoms with van der Waals surface area (Å²) in [6.07, 6.45) is 3.39. The van der Waals surface area contributed by atoms with Gasteiger partial charge < -0.3 is 15.4 Å². The van der Waals surface area contributed by atoms with Crippen LogP contribution in [0.25, 0.3) is 0 Å². The molecule has 1 saturated heterocycles. The van der Waals surface area contributed by atoms with Gasteiger partial charge in [0.05, 0.1) is 7.11 Å². The van der Waals surface area contributed by atoms with Gasteiger partial charge in [-0.3, -0.25) is 4.79 Å². The molecule has 0 aromatic heterocycles. The zero-order valence-corrected chi connectivity index (χ0v) is 14.9. The molecule has 2 atom stereocenters. The van der Waals surface area contributed by atoms with Crippen LogP contribution in [0.4, 0.5) is 0 Å². The fourth-order valence-corrected chi connectivity index (χ4v) is 3.42. The lowest BCUT2D eigenvalue weighted by Crippen LogP contribution is -2.45. The van der Waals surface area contributed by atoms with E-state index in [-0.39, 0.29) is 11.9 Å². The van der Waals surface area contributed by atoms with Crippen molar-refractivity contribution in [3.63, 3.8) is 0 Å². The van der Waals surface area contributed by atoms with Crippen LogP contribution in [0.15, 0.2) is 22.7 Å². The minimum Gasteiger partial charge on any atom is -0.496 e. The summed E-state index contributed by atoms with van der Waals surface area (Å²) in [4.78, 5) is 14.4. The number of nitrogens with zero attached hydrogens (tertiary/aromatic N) is 1. The normalized spacial score (nSPS) is 19.8. The van der Waals surface area contributed by atoms with Crippen molar-refractivity contribution in [2.24, 2.45) is 11.7 Å². The first-order chi connectivity index (χ1) is 10.5. The second-order valence-electron chi connectivity index (χ2n) is 6.06. The Morgan fingerprint density at radius 1 is 1.55 bits per heavy atom. The molecular weight excluding hydrogens is 344 g/mol. The van der Waals surface area contributed by atoms with E-state index < -0.39 is 0 Å². The van der Waals surface area contributed by atoms with Gasteiger partial charge in [0.15, 0.2) is 0 Å². The summed E-state index contributed by atoms with van der Waals surface area (Å²) in [5.41, 5.74) is 7.05. The molecular formula is C17H25BrN2O2. The third kappa shape index (κ3) is 4.46. The first kappa shape index (κ1) is 17.3. The van der Waals surface area contributed by atoms with Crippen LogP contribution in [0.1, 0.15) is 31.7 Å². The van der Waals surface area contributed by atoms with Gasteiger partial charge in [-0.05, 0) is 55.9 Å². The first-order valence-corrected chi connectivity index (χ1v) is 8.66. The Morgan fingerprint density at radius 3 is 3.00 bits per heavy atom. The summed E-state index contributed by atoms with van der Waals surface area (Å²) < 4.78 is 6.37. The molecule has 122 valence electrons. The average molecular weight is 369 g/mol. The highest BCUT2D eigenvalue weighted by Crippen LogP contribution is 2.25. The highest BCUT2D eigenvalue weighted by atomic mass is 79.9. The lowest BCUT2D eigenvalue weighted by molar-refractivity contribution is -0.133. The van der Waals surface area contributed by atoms with Crippen molar-refractivity contribution in [1.29, 1.82) is 0 Å². The van der Waals surface area contributed by atoms with Gasteiger partial charge >= 0.3 is 0 Å². The quantitative estimate of drug-likeness (QED) is 0.868. The lowest BCUT2D eigenvalue weighted by Gasteiger charge is -2.34. The smallest absolute Gasteiger partial charge is 0.222 e. The van der Waals surface area contributed by atoms with Crippen LogP contribution in [-0.2, 0) is 11.2 Å². The van der Waals surface area contributed by atoms with E-state index in [2.05, 4.69) is 15.9 Å². The van der Waals surface area contributed by atoms with Crippen LogP contribution >= 0.6 is 15.9 Å². The predicted octanol–water partition coefficient (Wildman–Crippen LogP) is 2.98. The van der Waals surface area contributed by atoms with Gasteiger partial charge in [-0.25, -0.2) is 0 Å². The molecule has 0 bridgehead atoms. The van der Waals surface area contributed by atoms with E-state index in [1.807, 2.05) is 30.0 Å². The van der Waals surface area contributed by atoms with Crippen LogP contribution in [0.2, 0.25) is 0 Å². The molecule has 1 aliphatic heterocycles. The molecule has 1 aromatic rings. The van der Waals surface area contributed by atoms with Gasteiger partial charge in [-0.15, -0.1) is 0 Å². The summed E-state index contributed by atoms with van der Waals surface area (Å²) in [5.74, 6) is 1.48. The molecule has 0 aliphatic carbocycles. The Bertz CT molecular complexity index is 519. The summed E-state index contributed by atoms with van der Waals surface area (Å²) in [7, 11) is 1.66.